The molecule has 1 aromatic rings. The van der Waals surface area contributed by atoms with E-state index in [1.54, 1.807) is 0 Å². The Morgan fingerprint density at radius 1 is 1.26 bits per heavy atom. The van der Waals surface area contributed by atoms with Crippen molar-refractivity contribution >= 4 is 0 Å². The second kappa shape index (κ2) is 6.53. The predicted molar refractivity (Wildman–Crippen MR) is 82.4 cm³/mol. The van der Waals surface area contributed by atoms with Crippen LogP contribution in [0.25, 0.3) is 0 Å². The van der Waals surface area contributed by atoms with Crippen LogP contribution in [0.2, 0.25) is 0 Å². The summed E-state index contributed by atoms with van der Waals surface area (Å²) in [5.41, 5.74) is 1.58. The second-order valence-corrected chi connectivity index (χ2v) is 5.93. The maximum Gasteiger partial charge on any atom is 0.0558 e. The highest BCUT2D eigenvalue weighted by Crippen LogP contribution is 2.31. The van der Waals surface area contributed by atoms with Crippen molar-refractivity contribution in [2.45, 2.75) is 51.6 Å². The molecule has 106 valence electrons. The maximum absolute atomic E-state index is 3.72. The Labute approximate surface area is 118 Å². The van der Waals surface area contributed by atoms with E-state index in [1.807, 2.05) is 0 Å². The molecule has 1 aromatic carbocycles. The molecule has 1 fully saturated rings. The van der Waals surface area contributed by atoms with Crippen LogP contribution >= 0.6 is 0 Å². The Kier molecular flexibility index (Phi) is 5.00. The zero-order valence-electron chi connectivity index (χ0n) is 12.7. The predicted octanol–water partition coefficient (Wildman–Crippen LogP) is 3.39. The molecule has 2 unspecified atom stereocenters. The lowest BCUT2D eigenvalue weighted by Crippen LogP contribution is -2.61. The first kappa shape index (κ1) is 14.5. The highest BCUT2D eigenvalue weighted by molar-refractivity contribution is 5.25. The zero-order valence-corrected chi connectivity index (χ0v) is 12.7. The molecule has 1 aliphatic rings. The molecule has 0 amide bonds. The smallest absolute Gasteiger partial charge is 0.0558 e. The zero-order chi connectivity index (χ0) is 13.7. The summed E-state index contributed by atoms with van der Waals surface area (Å²) in [6, 6.07) is 11.6. The van der Waals surface area contributed by atoms with Gasteiger partial charge in [0.1, 0.15) is 0 Å². The molecule has 2 atom stereocenters. The lowest BCUT2D eigenvalue weighted by Gasteiger charge is -2.48. The lowest BCUT2D eigenvalue weighted by atomic mass is 9.86. The van der Waals surface area contributed by atoms with Crippen LogP contribution in [-0.4, -0.2) is 30.6 Å². The summed E-state index contributed by atoms with van der Waals surface area (Å²) < 4.78 is 0. The standard InChI is InChI=1S/C17H28N2/c1-4-6-12-19-13-16(5-2)18-14-17(19,3)15-10-8-7-9-11-15/h7-11,16,18H,4-6,12-14H2,1-3H3. The summed E-state index contributed by atoms with van der Waals surface area (Å²) in [4.78, 5) is 2.69. The molecule has 1 N–H and O–H groups in total. The molecule has 2 rings (SSSR count). The average Bonchev–Trinajstić information content (AvgIpc) is 2.47. The van der Waals surface area contributed by atoms with Gasteiger partial charge in [0.15, 0.2) is 0 Å². The van der Waals surface area contributed by atoms with Crippen LogP contribution in [0.1, 0.15) is 45.6 Å². The fourth-order valence-corrected chi connectivity index (χ4v) is 3.03. The molecule has 0 aromatic heterocycles. The monoisotopic (exact) mass is 260 g/mol. The van der Waals surface area contributed by atoms with E-state index in [2.05, 4.69) is 61.3 Å². The van der Waals surface area contributed by atoms with Gasteiger partial charge in [0.2, 0.25) is 0 Å². The number of hydrogen-bond acceptors (Lipinski definition) is 2. The molecule has 0 spiro atoms. The van der Waals surface area contributed by atoms with Gasteiger partial charge in [0.25, 0.3) is 0 Å². The van der Waals surface area contributed by atoms with Gasteiger partial charge in [-0.3, -0.25) is 4.90 Å². The number of piperazine rings is 1. The molecular weight excluding hydrogens is 232 g/mol. The number of benzene rings is 1. The molecular formula is C17H28N2. The second-order valence-electron chi connectivity index (χ2n) is 5.93. The van der Waals surface area contributed by atoms with E-state index in [0.29, 0.717) is 6.04 Å². The molecule has 2 nitrogen and oxygen atoms in total. The van der Waals surface area contributed by atoms with Crippen molar-refractivity contribution in [3.05, 3.63) is 35.9 Å². The van der Waals surface area contributed by atoms with Crippen molar-refractivity contribution in [3.63, 3.8) is 0 Å². The van der Waals surface area contributed by atoms with Crippen LogP contribution in [0.5, 0.6) is 0 Å². The van der Waals surface area contributed by atoms with Crippen molar-refractivity contribution in [1.82, 2.24) is 10.2 Å². The van der Waals surface area contributed by atoms with Gasteiger partial charge in [0, 0.05) is 19.1 Å². The molecule has 0 bridgehead atoms. The topological polar surface area (TPSA) is 15.3 Å². The minimum Gasteiger partial charge on any atom is -0.311 e. The third kappa shape index (κ3) is 3.18. The first-order valence-electron chi connectivity index (χ1n) is 7.74. The van der Waals surface area contributed by atoms with E-state index in [1.165, 1.54) is 37.9 Å². The highest BCUT2D eigenvalue weighted by atomic mass is 15.3. The molecule has 1 aliphatic heterocycles. The Morgan fingerprint density at radius 3 is 2.63 bits per heavy atom. The third-order valence-corrected chi connectivity index (χ3v) is 4.54. The van der Waals surface area contributed by atoms with Crippen LogP contribution in [0.4, 0.5) is 0 Å². The minimum atomic E-state index is 0.141. The minimum absolute atomic E-state index is 0.141. The van der Waals surface area contributed by atoms with E-state index in [4.69, 9.17) is 0 Å². The molecule has 1 saturated heterocycles. The van der Waals surface area contributed by atoms with Crippen molar-refractivity contribution in [1.29, 1.82) is 0 Å². The SMILES string of the molecule is CCCCN1CC(CC)NCC1(C)c1ccccc1. The van der Waals surface area contributed by atoms with E-state index in [9.17, 15) is 0 Å². The van der Waals surface area contributed by atoms with E-state index >= 15 is 0 Å². The van der Waals surface area contributed by atoms with Crippen molar-refractivity contribution < 1.29 is 0 Å². The molecule has 2 heteroatoms. The van der Waals surface area contributed by atoms with Gasteiger partial charge >= 0.3 is 0 Å². The quantitative estimate of drug-likeness (QED) is 0.873. The van der Waals surface area contributed by atoms with Crippen LogP contribution in [-0.2, 0) is 5.54 Å². The van der Waals surface area contributed by atoms with Gasteiger partial charge in [-0.05, 0) is 31.9 Å². The Morgan fingerprint density at radius 2 is 2.00 bits per heavy atom. The third-order valence-electron chi connectivity index (χ3n) is 4.54. The molecule has 0 radical (unpaired) electrons. The fraction of sp³-hybridized carbons (Fsp3) is 0.647. The van der Waals surface area contributed by atoms with Crippen LogP contribution < -0.4 is 5.32 Å². The Bertz CT molecular complexity index is 376. The number of nitrogens with one attached hydrogen (secondary N) is 1. The largest absolute Gasteiger partial charge is 0.311 e. The maximum atomic E-state index is 3.72. The first-order valence-corrected chi connectivity index (χ1v) is 7.74. The summed E-state index contributed by atoms with van der Waals surface area (Å²) >= 11 is 0. The van der Waals surface area contributed by atoms with E-state index < -0.39 is 0 Å². The van der Waals surface area contributed by atoms with Crippen LogP contribution in [0.3, 0.4) is 0 Å². The Balaban J connectivity index is 2.20. The molecule has 0 saturated carbocycles. The summed E-state index contributed by atoms with van der Waals surface area (Å²) in [6.45, 7) is 10.4. The lowest BCUT2D eigenvalue weighted by molar-refractivity contribution is 0.0475. The van der Waals surface area contributed by atoms with Gasteiger partial charge in [-0.25, -0.2) is 0 Å². The summed E-state index contributed by atoms with van der Waals surface area (Å²) in [5, 5.41) is 3.72. The first-order chi connectivity index (χ1) is 9.20. The van der Waals surface area contributed by atoms with E-state index in [-0.39, 0.29) is 5.54 Å². The number of hydrogen-bond donors (Lipinski definition) is 1. The number of rotatable bonds is 5. The van der Waals surface area contributed by atoms with Crippen molar-refractivity contribution in [3.8, 4) is 0 Å². The highest BCUT2D eigenvalue weighted by Gasteiger charge is 2.37. The summed E-state index contributed by atoms with van der Waals surface area (Å²) in [5.74, 6) is 0. The van der Waals surface area contributed by atoms with Gasteiger partial charge < -0.3 is 5.32 Å². The summed E-state index contributed by atoms with van der Waals surface area (Å²) in [6.07, 6.45) is 3.78. The number of nitrogens with zero attached hydrogens (tertiary/aromatic N) is 1. The van der Waals surface area contributed by atoms with Gasteiger partial charge in [-0.15, -0.1) is 0 Å². The van der Waals surface area contributed by atoms with E-state index in [0.717, 1.165) is 6.54 Å². The molecule has 1 heterocycles. The average molecular weight is 260 g/mol. The van der Waals surface area contributed by atoms with Crippen molar-refractivity contribution in [2.75, 3.05) is 19.6 Å². The van der Waals surface area contributed by atoms with Crippen molar-refractivity contribution in [2.24, 2.45) is 0 Å². The molecule has 0 aliphatic carbocycles. The normalized spacial score (nSPS) is 28.5. The van der Waals surface area contributed by atoms with Gasteiger partial charge in [-0.2, -0.15) is 0 Å². The molecule has 19 heavy (non-hydrogen) atoms. The summed E-state index contributed by atoms with van der Waals surface area (Å²) in [7, 11) is 0. The van der Waals surface area contributed by atoms with Crippen LogP contribution in [0, 0.1) is 0 Å². The fourth-order valence-electron chi connectivity index (χ4n) is 3.03. The van der Waals surface area contributed by atoms with Crippen LogP contribution in [0.15, 0.2) is 30.3 Å². The van der Waals surface area contributed by atoms with Gasteiger partial charge in [-0.1, -0.05) is 50.6 Å². The number of unbranched alkanes of at least 4 members (excludes halogenated alkanes) is 1. The Hall–Kier alpha value is -0.860. The van der Waals surface area contributed by atoms with Gasteiger partial charge in [0.05, 0.1) is 5.54 Å².